The van der Waals surface area contributed by atoms with Crippen molar-refractivity contribution in [2.45, 2.75) is 12.7 Å². The summed E-state index contributed by atoms with van der Waals surface area (Å²) in [4.78, 5) is 30.8. The minimum absolute atomic E-state index is 0.0413. The van der Waals surface area contributed by atoms with Gasteiger partial charge in [-0.1, -0.05) is 18.2 Å². The number of amides is 1. The second-order valence-corrected chi connectivity index (χ2v) is 6.80. The van der Waals surface area contributed by atoms with Crippen molar-refractivity contribution in [3.8, 4) is 0 Å². The second kappa shape index (κ2) is 6.57. The third-order valence-electron chi connectivity index (χ3n) is 4.20. The van der Waals surface area contributed by atoms with E-state index in [0.717, 1.165) is 4.88 Å². The van der Waals surface area contributed by atoms with Gasteiger partial charge in [0.2, 0.25) is 0 Å². The molecule has 8 heteroatoms. The van der Waals surface area contributed by atoms with Crippen LogP contribution in [0, 0.1) is 10.1 Å². The van der Waals surface area contributed by atoms with Crippen molar-refractivity contribution in [1.82, 2.24) is 9.88 Å². The van der Waals surface area contributed by atoms with Gasteiger partial charge in [0.25, 0.3) is 11.6 Å². The molecule has 0 radical (unpaired) electrons. The molecule has 1 N–H and O–H groups in total. The van der Waals surface area contributed by atoms with E-state index in [2.05, 4.69) is 10.3 Å². The Morgan fingerprint density at radius 3 is 2.81 bits per heavy atom. The normalized spacial score (nSPS) is 15.8. The number of para-hydroxylation sites is 2. The molecular formula is C18H14N4O3S. The fourth-order valence-corrected chi connectivity index (χ4v) is 3.72. The highest BCUT2D eigenvalue weighted by atomic mass is 32.1. The first-order valence-electron chi connectivity index (χ1n) is 7.93. The van der Waals surface area contributed by atoms with Gasteiger partial charge in [-0.15, -0.1) is 11.3 Å². The maximum atomic E-state index is 12.9. The maximum Gasteiger partial charge on any atom is 0.292 e. The molecule has 4 rings (SSSR count). The van der Waals surface area contributed by atoms with E-state index in [0.29, 0.717) is 23.5 Å². The second-order valence-electron chi connectivity index (χ2n) is 5.77. The van der Waals surface area contributed by atoms with Crippen molar-refractivity contribution >= 4 is 28.6 Å². The van der Waals surface area contributed by atoms with E-state index >= 15 is 0 Å². The quantitative estimate of drug-likeness (QED) is 0.548. The van der Waals surface area contributed by atoms with E-state index in [4.69, 9.17) is 0 Å². The van der Waals surface area contributed by atoms with Crippen molar-refractivity contribution in [3.63, 3.8) is 0 Å². The summed E-state index contributed by atoms with van der Waals surface area (Å²) in [6, 6.07) is 13.7. The average Bonchev–Trinajstić information content (AvgIpc) is 3.25. The number of anilines is 1. The number of hydrogen-bond acceptors (Lipinski definition) is 6. The van der Waals surface area contributed by atoms with Crippen LogP contribution in [0.4, 0.5) is 11.4 Å². The number of carbonyl (C=O) groups excluding carboxylic acids is 1. The lowest BCUT2D eigenvalue weighted by Crippen LogP contribution is -2.32. The summed E-state index contributed by atoms with van der Waals surface area (Å²) >= 11 is 1.56. The molecule has 0 aliphatic carbocycles. The molecule has 0 bridgehead atoms. The van der Waals surface area contributed by atoms with Crippen molar-refractivity contribution < 1.29 is 9.72 Å². The van der Waals surface area contributed by atoms with Gasteiger partial charge in [-0.25, -0.2) is 0 Å². The Balaban J connectivity index is 1.73. The minimum Gasteiger partial charge on any atom is -0.354 e. The van der Waals surface area contributed by atoms with Crippen molar-refractivity contribution in [2.75, 3.05) is 5.32 Å². The fraction of sp³-hybridized carbons (Fsp3) is 0.111. The number of rotatable bonds is 5. The Bertz CT molecular complexity index is 974. The molecule has 0 fully saturated rings. The highest BCUT2D eigenvalue weighted by Crippen LogP contribution is 2.36. The SMILES string of the molecule is O=C1c2cccnc2C(Nc2ccccc2[N+](=O)[O-])N1Cc1cccs1. The van der Waals surface area contributed by atoms with Crippen LogP contribution in [0.2, 0.25) is 0 Å². The van der Waals surface area contributed by atoms with Crippen LogP contribution in [-0.2, 0) is 6.54 Å². The molecule has 1 aliphatic rings. The van der Waals surface area contributed by atoms with Gasteiger partial charge in [-0.3, -0.25) is 19.9 Å². The molecule has 1 unspecified atom stereocenters. The van der Waals surface area contributed by atoms with E-state index < -0.39 is 11.1 Å². The number of nitro groups is 1. The average molecular weight is 366 g/mol. The highest BCUT2D eigenvalue weighted by molar-refractivity contribution is 7.09. The van der Waals surface area contributed by atoms with E-state index in [1.165, 1.54) is 6.07 Å². The summed E-state index contributed by atoms with van der Waals surface area (Å²) in [5, 5.41) is 16.4. The molecule has 3 heterocycles. The Kier molecular flexibility index (Phi) is 4.10. The van der Waals surface area contributed by atoms with Gasteiger partial charge in [0.05, 0.1) is 22.7 Å². The lowest BCUT2D eigenvalue weighted by atomic mass is 10.2. The fourth-order valence-electron chi connectivity index (χ4n) is 3.02. The molecule has 0 spiro atoms. The number of nitro benzene ring substituents is 1. The summed E-state index contributed by atoms with van der Waals surface area (Å²) in [6.07, 6.45) is 1.05. The standard InChI is InChI=1S/C18H14N4O3S/c23-18-13-6-3-9-19-16(13)17(21(18)11-12-5-4-10-26-12)20-14-7-1-2-8-15(14)22(24)25/h1-10,17,20H,11H2. The molecule has 130 valence electrons. The lowest BCUT2D eigenvalue weighted by Gasteiger charge is -2.26. The zero-order valence-corrected chi connectivity index (χ0v) is 14.3. The van der Waals surface area contributed by atoms with Gasteiger partial charge in [-0.05, 0) is 29.6 Å². The number of fused-ring (bicyclic) bond motifs is 1. The molecule has 1 atom stereocenters. The van der Waals surface area contributed by atoms with Gasteiger partial charge in [0, 0.05) is 17.1 Å². The van der Waals surface area contributed by atoms with Gasteiger partial charge in [0.1, 0.15) is 11.9 Å². The number of thiophene rings is 1. The highest BCUT2D eigenvalue weighted by Gasteiger charge is 2.38. The molecule has 26 heavy (non-hydrogen) atoms. The minimum atomic E-state index is -0.568. The van der Waals surface area contributed by atoms with Crippen LogP contribution in [0.25, 0.3) is 0 Å². The first kappa shape index (κ1) is 16.2. The number of nitrogens with zero attached hydrogens (tertiary/aromatic N) is 3. The summed E-state index contributed by atoms with van der Waals surface area (Å²) in [5.74, 6) is -0.141. The van der Waals surface area contributed by atoms with Crippen molar-refractivity contribution in [1.29, 1.82) is 0 Å². The van der Waals surface area contributed by atoms with Crippen LogP contribution >= 0.6 is 11.3 Å². The summed E-state index contributed by atoms with van der Waals surface area (Å²) in [7, 11) is 0. The van der Waals surface area contributed by atoms with E-state index in [1.807, 2.05) is 17.5 Å². The lowest BCUT2D eigenvalue weighted by molar-refractivity contribution is -0.384. The Morgan fingerprint density at radius 2 is 2.04 bits per heavy atom. The third-order valence-corrected chi connectivity index (χ3v) is 5.06. The molecule has 7 nitrogen and oxygen atoms in total. The summed E-state index contributed by atoms with van der Waals surface area (Å²) < 4.78 is 0. The van der Waals surface area contributed by atoms with Gasteiger partial charge in [0.15, 0.2) is 0 Å². The van der Waals surface area contributed by atoms with Gasteiger partial charge in [-0.2, -0.15) is 0 Å². The zero-order valence-electron chi connectivity index (χ0n) is 13.5. The number of pyridine rings is 1. The van der Waals surface area contributed by atoms with Crippen LogP contribution in [0.15, 0.2) is 60.1 Å². The van der Waals surface area contributed by atoms with Crippen LogP contribution < -0.4 is 5.32 Å². The first-order valence-corrected chi connectivity index (χ1v) is 8.81. The molecule has 1 aliphatic heterocycles. The molecule has 3 aromatic rings. The number of nitrogens with one attached hydrogen (secondary N) is 1. The Morgan fingerprint density at radius 1 is 1.19 bits per heavy atom. The molecule has 0 saturated carbocycles. The van der Waals surface area contributed by atoms with Crippen molar-refractivity contribution in [3.05, 3.63) is 86.4 Å². The van der Waals surface area contributed by atoms with Crippen LogP contribution in [-0.4, -0.2) is 20.7 Å². The molecule has 2 aromatic heterocycles. The maximum absolute atomic E-state index is 12.9. The van der Waals surface area contributed by atoms with Crippen molar-refractivity contribution in [2.24, 2.45) is 0 Å². The third kappa shape index (κ3) is 2.80. The smallest absolute Gasteiger partial charge is 0.292 e. The Labute approximate surface area is 153 Å². The number of benzene rings is 1. The number of aromatic nitrogens is 1. The summed E-state index contributed by atoms with van der Waals surface area (Å²) in [5.41, 5.74) is 1.40. The molecular weight excluding hydrogens is 352 g/mol. The van der Waals surface area contributed by atoms with E-state index in [-0.39, 0.29) is 11.6 Å². The largest absolute Gasteiger partial charge is 0.354 e. The zero-order chi connectivity index (χ0) is 18.1. The van der Waals surface area contributed by atoms with E-state index in [1.54, 1.807) is 52.8 Å². The number of carbonyl (C=O) groups is 1. The molecule has 1 aromatic carbocycles. The van der Waals surface area contributed by atoms with E-state index in [9.17, 15) is 14.9 Å². The number of hydrogen-bond donors (Lipinski definition) is 1. The van der Waals surface area contributed by atoms with Crippen LogP contribution in [0.5, 0.6) is 0 Å². The van der Waals surface area contributed by atoms with Gasteiger partial charge >= 0.3 is 0 Å². The molecule has 0 saturated heterocycles. The molecule has 1 amide bonds. The van der Waals surface area contributed by atoms with Crippen LogP contribution in [0.3, 0.4) is 0 Å². The monoisotopic (exact) mass is 366 g/mol. The predicted octanol–water partition coefficient (Wildman–Crippen LogP) is 3.82. The summed E-state index contributed by atoms with van der Waals surface area (Å²) in [6.45, 7) is 0.408. The van der Waals surface area contributed by atoms with Crippen LogP contribution in [0.1, 0.15) is 27.1 Å². The Hall–Kier alpha value is -3.26. The topological polar surface area (TPSA) is 88.4 Å². The predicted molar refractivity (Wildman–Crippen MR) is 97.9 cm³/mol. The van der Waals surface area contributed by atoms with Gasteiger partial charge < -0.3 is 10.2 Å². The first-order chi connectivity index (χ1) is 12.6.